The van der Waals surface area contributed by atoms with Crippen molar-refractivity contribution in [3.8, 4) is 0 Å². The van der Waals surface area contributed by atoms with E-state index in [2.05, 4.69) is 15.5 Å². The van der Waals surface area contributed by atoms with Gasteiger partial charge in [-0.05, 0) is 121 Å². The SMILES string of the molecule is CN(C)CCCC[C@H](NC(=O)OC(C)(C)C)C(=O)O.COC(=O)[C@H](CCCCN(C)C)NC(=O)OC(C)(C)C. The van der Waals surface area contributed by atoms with Crippen LogP contribution in [0.3, 0.4) is 0 Å². The van der Waals surface area contributed by atoms with Gasteiger partial charge in [-0.1, -0.05) is 0 Å². The summed E-state index contributed by atoms with van der Waals surface area (Å²) < 4.78 is 14.9. The van der Waals surface area contributed by atoms with Crippen molar-refractivity contribution in [2.24, 2.45) is 0 Å². The third kappa shape index (κ3) is 25.4. The first-order valence-corrected chi connectivity index (χ1v) is 13.4. The quantitative estimate of drug-likeness (QED) is 0.163. The summed E-state index contributed by atoms with van der Waals surface area (Å²) in [4.78, 5) is 50.0. The maximum atomic E-state index is 11.7. The Bertz CT molecular complexity index is 730. The van der Waals surface area contributed by atoms with Crippen LogP contribution in [-0.2, 0) is 23.8 Å². The fourth-order valence-electron chi connectivity index (χ4n) is 3.10. The molecule has 0 saturated heterocycles. The molecule has 0 spiro atoms. The van der Waals surface area contributed by atoms with Crippen molar-refractivity contribution >= 4 is 24.1 Å². The van der Waals surface area contributed by atoms with Crippen molar-refractivity contribution in [2.75, 3.05) is 48.4 Å². The van der Waals surface area contributed by atoms with Crippen LogP contribution in [0.5, 0.6) is 0 Å². The van der Waals surface area contributed by atoms with Crippen LogP contribution in [-0.4, -0.2) is 111 Å². The molecule has 0 saturated carbocycles. The van der Waals surface area contributed by atoms with Gasteiger partial charge in [0, 0.05) is 0 Å². The molecule has 0 bridgehead atoms. The van der Waals surface area contributed by atoms with Crippen LogP contribution >= 0.6 is 0 Å². The number of esters is 1. The average Bonchev–Trinajstić information content (AvgIpc) is 2.74. The van der Waals surface area contributed by atoms with Gasteiger partial charge in [0.15, 0.2) is 0 Å². The summed E-state index contributed by atoms with van der Waals surface area (Å²) in [5, 5.41) is 14.0. The van der Waals surface area contributed by atoms with Crippen molar-refractivity contribution in [2.45, 2.75) is 103 Å². The number of nitrogens with one attached hydrogen (secondary N) is 2. The number of rotatable bonds is 14. The first kappa shape index (κ1) is 38.5. The fraction of sp³-hybridized carbons (Fsp3) is 0.852. The van der Waals surface area contributed by atoms with E-state index in [1.54, 1.807) is 41.5 Å². The highest BCUT2D eigenvalue weighted by molar-refractivity contribution is 5.81. The van der Waals surface area contributed by atoms with E-state index >= 15 is 0 Å². The maximum absolute atomic E-state index is 11.7. The lowest BCUT2D eigenvalue weighted by Crippen LogP contribution is -2.44. The summed E-state index contributed by atoms with van der Waals surface area (Å²) in [7, 11) is 9.24. The van der Waals surface area contributed by atoms with Gasteiger partial charge < -0.3 is 39.8 Å². The molecular weight excluding hydrogens is 508 g/mol. The molecule has 0 unspecified atom stereocenters. The van der Waals surface area contributed by atoms with Crippen molar-refractivity contribution in [3.05, 3.63) is 0 Å². The van der Waals surface area contributed by atoms with Gasteiger partial charge in [-0.3, -0.25) is 0 Å². The predicted molar refractivity (Wildman–Crippen MR) is 151 cm³/mol. The van der Waals surface area contributed by atoms with Gasteiger partial charge in [0.05, 0.1) is 7.11 Å². The summed E-state index contributed by atoms with van der Waals surface area (Å²) in [6.07, 6.45) is 3.08. The number of carboxylic acid groups (broad SMARTS) is 1. The molecule has 0 heterocycles. The Morgan fingerprint density at radius 1 is 0.692 bits per heavy atom. The van der Waals surface area contributed by atoms with Gasteiger partial charge in [-0.2, -0.15) is 0 Å². The standard InChI is InChI=1S/C14H28N2O4.C13H26N2O4/c1-14(2,3)20-13(18)15-11(12(17)19-6)9-7-8-10-16(4)5;1-13(2,3)19-12(18)14-10(11(16)17)8-6-7-9-15(4)5/h11H,7-10H2,1-6H3,(H,15,18);10H,6-9H2,1-5H3,(H,14,18)(H,16,17)/t11-;10-/m00/s1. The third-order valence-corrected chi connectivity index (χ3v) is 4.86. The van der Waals surface area contributed by atoms with Crippen LogP contribution in [0.2, 0.25) is 0 Å². The number of carbonyl (C=O) groups excluding carboxylic acids is 3. The second-order valence-corrected chi connectivity index (χ2v) is 11.9. The molecule has 0 aliphatic heterocycles. The number of hydrogen-bond acceptors (Lipinski definition) is 9. The van der Waals surface area contributed by atoms with Gasteiger partial charge in [0.1, 0.15) is 23.3 Å². The van der Waals surface area contributed by atoms with Gasteiger partial charge in [-0.15, -0.1) is 0 Å². The molecule has 0 radical (unpaired) electrons. The molecule has 0 aliphatic rings. The number of ether oxygens (including phenoxy) is 3. The molecule has 230 valence electrons. The van der Waals surface area contributed by atoms with Crippen molar-refractivity contribution < 1.29 is 38.5 Å². The Labute approximate surface area is 235 Å². The number of aliphatic carboxylic acids is 1. The minimum Gasteiger partial charge on any atom is -0.480 e. The van der Waals surface area contributed by atoms with Crippen LogP contribution in [0, 0.1) is 0 Å². The van der Waals surface area contributed by atoms with E-state index in [0.29, 0.717) is 12.8 Å². The molecule has 12 nitrogen and oxygen atoms in total. The number of methoxy groups -OCH3 is 1. The second kappa shape index (κ2) is 19.5. The first-order chi connectivity index (χ1) is 17.8. The highest BCUT2D eigenvalue weighted by Crippen LogP contribution is 2.10. The Kier molecular flexibility index (Phi) is 19.2. The summed E-state index contributed by atoms with van der Waals surface area (Å²) in [5.41, 5.74) is -1.21. The zero-order chi connectivity index (χ0) is 30.8. The summed E-state index contributed by atoms with van der Waals surface area (Å²) >= 11 is 0. The van der Waals surface area contributed by atoms with Gasteiger partial charge in [0.2, 0.25) is 0 Å². The number of carboxylic acids is 1. The minimum absolute atomic E-state index is 0.405. The fourth-order valence-corrected chi connectivity index (χ4v) is 3.10. The predicted octanol–water partition coefficient (Wildman–Crippen LogP) is 3.48. The van der Waals surface area contributed by atoms with E-state index in [4.69, 9.17) is 19.3 Å². The lowest BCUT2D eigenvalue weighted by Gasteiger charge is -2.22. The molecule has 2 amide bonds. The van der Waals surface area contributed by atoms with Crippen LogP contribution in [0.4, 0.5) is 9.59 Å². The molecule has 0 aliphatic carbocycles. The Hall–Kier alpha value is -2.60. The van der Waals surface area contributed by atoms with E-state index in [9.17, 15) is 19.2 Å². The monoisotopic (exact) mass is 562 g/mol. The van der Waals surface area contributed by atoms with Crippen molar-refractivity contribution in [3.63, 3.8) is 0 Å². The van der Waals surface area contributed by atoms with Gasteiger partial charge in [0.25, 0.3) is 0 Å². The molecule has 3 N–H and O–H groups in total. The zero-order valence-electron chi connectivity index (χ0n) is 26.0. The van der Waals surface area contributed by atoms with Crippen LogP contribution < -0.4 is 10.6 Å². The molecule has 0 aromatic heterocycles. The zero-order valence-corrected chi connectivity index (χ0v) is 26.0. The molecular formula is C27H54N4O8. The number of nitrogens with zero attached hydrogens (tertiary/aromatic N) is 2. The molecule has 0 fully saturated rings. The average molecular weight is 563 g/mol. The highest BCUT2D eigenvalue weighted by atomic mass is 16.6. The molecule has 0 rings (SSSR count). The number of alkyl carbamates (subject to hydrolysis) is 2. The summed E-state index contributed by atoms with van der Waals surface area (Å²) in [5.74, 6) is -1.48. The molecule has 0 aromatic carbocycles. The van der Waals surface area contributed by atoms with Crippen LogP contribution in [0.1, 0.15) is 80.1 Å². The Morgan fingerprint density at radius 3 is 1.36 bits per heavy atom. The lowest BCUT2D eigenvalue weighted by atomic mass is 10.1. The molecule has 12 heteroatoms. The lowest BCUT2D eigenvalue weighted by molar-refractivity contribution is -0.143. The Morgan fingerprint density at radius 2 is 1.05 bits per heavy atom. The van der Waals surface area contributed by atoms with Crippen molar-refractivity contribution in [1.29, 1.82) is 0 Å². The number of hydrogen-bond donors (Lipinski definition) is 3. The van der Waals surface area contributed by atoms with E-state index in [1.807, 2.05) is 33.1 Å². The number of carbonyl (C=O) groups is 4. The van der Waals surface area contributed by atoms with E-state index in [1.165, 1.54) is 7.11 Å². The van der Waals surface area contributed by atoms with Gasteiger partial charge >= 0.3 is 24.1 Å². The number of amides is 2. The highest BCUT2D eigenvalue weighted by Gasteiger charge is 2.25. The van der Waals surface area contributed by atoms with E-state index < -0.39 is 47.4 Å². The number of unbranched alkanes of at least 4 members (excludes halogenated alkanes) is 2. The maximum Gasteiger partial charge on any atom is 0.408 e. The second-order valence-electron chi connectivity index (χ2n) is 11.9. The molecule has 39 heavy (non-hydrogen) atoms. The summed E-state index contributed by atoms with van der Waals surface area (Å²) in [6.45, 7) is 12.4. The summed E-state index contributed by atoms with van der Waals surface area (Å²) in [6, 6.07) is -1.55. The first-order valence-electron chi connectivity index (χ1n) is 13.4. The van der Waals surface area contributed by atoms with E-state index in [0.717, 1.165) is 38.8 Å². The van der Waals surface area contributed by atoms with Crippen LogP contribution in [0.15, 0.2) is 0 Å². The Balaban J connectivity index is 0. The van der Waals surface area contributed by atoms with Crippen LogP contribution in [0.25, 0.3) is 0 Å². The molecule has 0 aromatic rings. The smallest absolute Gasteiger partial charge is 0.408 e. The normalized spacial score (nSPS) is 13.1. The van der Waals surface area contributed by atoms with E-state index in [-0.39, 0.29) is 0 Å². The van der Waals surface area contributed by atoms with Gasteiger partial charge in [-0.25, -0.2) is 19.2 Å². The van der Waals surface area contributed by atoms with Crippen molar-refractivity contribution in [1.82, 2.24) is 20.4 Å². The minimum atomic E-state index is -1.03. The topological polar surface area (TPSA) is 147 Å². The largest absolute Gasteiger partial charge is 0.480 e. The third-order valence-electron chi connectivity index (χ3n) is 4.86. The molecule has 2 atom stereocenters.